The minimum atomic E-state index is -0.244. The summed E-state index contributed by atoms with van der Waals surface area (Å²) in [5, 5.41) is 6.42. The fraction of sp³-hybridized carbons (Fsp3) is 0.161. The molecule has 0 bridgehead atoms. The molecule has 2 N–H and O–H groups in total. The second-order valence-electron chi connectivity index (χ2n) is 8.44. The molecule has 4 aromatic carbocycles. The molecule has 5 heteroatoms. The Morgan fingerprint density at radius 3 is 2.03 bits per heavy atom. The summed E-state index contributed by atoms with van der Waals surface area (Å²) < 4.78 is 5.57. The maximum Gasteiger partial charge on any atom is 0.251 e. The number of carbonyl (C=O) groups excluding carboxylic acids is 2. The molecule has 1 unspecified atom stereocenters. The second-order valence-corrected chi connectivity index (χ2v) is 8.44. The number of ketones is 1. The summed E-state index contributed by atoms with van der Waals surface area (Å²) in [6, 6.07) is 34.0. The fourth-order valence-electron chi connectivity index (χ4n) is 3.94. The summed E-state index contributed by atoms with van der Waals surface area (Å²) in [5.74, 6) is 0.715. The average Bonchev–Trinajstić information content (AvgIpc) is 2.93. The first kappa shape index (κ1) is 24.7. The molecule has 0 aliphatic carbocycles. The van der Waals surface area contributed by atoms with Gasteiger partial charge in [-0.15, -0.1) is 0 Å². The molecule has 0 aliphatic heterocycles. The van der Waals surface area contributed by atoms with Crippen LogP contribution in [-0.4, -0.2) is 18.3 Å². The minimum absolute atomic E-state index is 0.0545. The Hall–Kier alpha value is -4.38. The van der Waals surface area contributed by atoms with Gasteiger partial charge in [-0.25, -0.2) is 0 Å². The number of amides is 1. The van der Waals surface area contributed by atoms with Crippen molar-refractivity contribution in [2.45, 2.75) is 25.9 Å². The lowest BCUT2D eigenvalue weighted by molar-refractivity contribution is 0.0948. The van der Waals surface area contributed by atoms with Crippen LogP contribution >= 0.6 is 0 Å². The zero-order chi connectivity index (χ0) is 25.2. The van der Waals surface area contributed by atoms with Crippen molar-refractivity contribution in [1.82, 2.24) is 5.32 Å². The van der Waals surface area contributed by atoms with E-state index in [1.165, 1.54) is 0 Å². The minimum Gasteiger partial charge on any atom is -0.494 e. The Morgan fingerprint density at radius 2 is 1.39 bits per heavy atom. The fourth-order valence-corrected chi connectivity index (χ4v) is 3.94. The van der Waals surface area contributed by atoms with Crippen molar-refractivity contribution in [3.8, 4) is 5.75 Å². The Bertz CT molecular complexity index is 1250. The highest BCUT2D eigenvalue weighted by molar-refractivity contribution is 5.97. The van der Waals surface area contributed by atoms with Gasteiger partial charge in [0, 0.05) is 29.8 Å². The van der Waals surface area contributed by atoms with Crippen LogP contribution in [0, 0.1) is 0 Å². The molecular formula is C31H30N2O3. The van der Waals surface area contributed by atoms with Gasteiger partial charge in [0.1, 0.15) is 5.75 Å². The van der Waals surface area contributed by atoms with Gasteiger partial charge >= 0.3 is 0 Å². The summed E-state index contributed by atoms with van der Waals surface area (Å²) in [4.78, 5) is 25.6. The number of anilines is 1. The number of nitrogens with one attached hydrogen (secondary N) is 2. The van der Waals surface area contributed by atoms with Gasteiger partial charge in [0.2, 0.25) is 0 Å². The highest BCUT2D eigenvalue weighted by Crippen LogP contribution is 2.26. The van der Waals surface area contributed by atoms with E-state index in [9.17, 15) is 9.59 Å². The van der Waals surface area contributed by atoms with Crippen LogP contribution in [0.5, 0.6) is 5.75 Å². The predicted octanol–water partition coefficient (Wildman–Crippen LogP) is 6.44. The lowest BCUT2D eigenvalue weighted by atomic mass is 9.97. The lowest BCUT2D eigenvalue weighted by Crippen LogP contribution is -2.22. The van der Waals surface area contributed by atoms with Crippen molar-refractivity contribution in [1.29, 1.82) is 0 Å². The van der Waals surface area contributed by atoms with Crippen molar-refractivity contribution in [2.24, 2.45) is 0 Å². The zero-order valence-electron chi connectivity index (χ0n) is 20.3. The largest absolute Gasteiger partial charge is 0.494 e. The quantitative estimate of drug-likeness (QED) is 0.243. The molecule has 1 amide bonds. The van der Waals surface area contributed by atoms with Crippen molar-refractivity contribution < 1.29 is 14.3 Å². The van der Waals surface area contributed by atoms with E-state index in [0.29, 0.717) is 24.3 Å². The normalized spacial score (nSPS) is 11.4. The number of hydrogen-bond acceptors (Lipinski definition) is 4. The highest BCUT2D eigenvalue weighted by Gasteiger charge is 2.18. The Kier molecular flexibility index (Phi) is 8.49. The topological polar surface area (TPSA) is 67.4 Å². The number of benzene rings is 4. The smallest absolute Gasteiger partial charge is 0.251 e. The van der Waals surface area contributed by atoms with Gasteiger partial charge in [0.15, 0.2) is 5.78 Å². The molecule has 5 nitrogen and oxygen atoms in total. The van der Waals surface area contributed by atoms with E-state index in [2.05, 4.69) is 10.6 Å². The third-order valence-corrected chi connectivity index (χ3v) is 5.86. The molecule has 1 atom stereocenters. The van der Waals surface area contributed by atoms with Crippen LogP contribution in [0.3, 0.4) is 0 Å². The SMILES string of the molecule is CCOc1ccc(C(CC(=O)c2ccccc2)Nc2ccc(C(=O)NCc3ccccc3)cc2)cc1. The van der Waals surface area contributed by atoms with Gasteiger partial charge in [-0.3, -0.25) is 9.59 Å². The summed E-state index contributed by atoms with van der Waals surface area (Å²) in [5.41, 5.74) is 4.11. The average molecular weight is 479 g/mol. The molecule has 36 heavy (non-hydrogen) atoms. The van der Waals surface area contributed by atoms with E-state index < -0.39 is 0 Å². The summed E-state index contributed by atoms with van der Waals surface area (Å²) in [6.45, 7) is 3.02. The monoisotopic (exact) mass is 478 g/mol. The summed E-state index contributed by atoms with van der Waals surface area (Å²) >= 11 is 0. The molecule has 0 aliphatic rings. The number of rotatable bonds is 11. The van der Waals surface area contributed by atoms with Crippen LogP contribution in [0.4, 0.5) is 5.69 Å². The summed E-state index contributed by atoms with van der Waals surface area (Å²) in [6.07, 6.45) is 0.289. The number of ether oxygens (including phenoxy) is 1. The van der Waals surface area contributed by atoms with Crippen LogP contribution in [0.15, 0.2) is 109 Å². The van der Waals surface area contributed by atoms with Crippen molar-refractivity contribution in [3.63, 3.8) is 0 Å². The molecule has 0 saturated heterocycles. The second kappa shape index (κ2) is 12.4. The Labute approximate surface area is 212 Å². The van der Waals surface area contributed by atoms with Gasteiger partial charge in [-0.1, -0.05) is 72.8 Å². The molecule has 0 aromatic heterocycles. The Balaban J connectivity index is 1.46. The van der Waals surface area contributed by atoms with E-state index in [-0.39, 0.29) is 24.2 Å². The Morgan fingerprint density at radius 1 is 0.750 bits per heavy atom. The first-order chi connectivity index (χ1) is 17.6. The van der Waals surface area contributed by atoms with Gasteiger partial charge in [0.25, 0.3) is 5.91 Å². The standard InChI is InChI=1S/C31H30N2O3/c1-2-36-28-19-15-24(16-20-28)29(21-30(34)25-11-7-4-8-12-25)33-27-17-13-26(14-18-27)31(35)32-22-23-9-5-3-6-10-23/h3-20,29,33H,2,21-22H2,1H3,(H,32,35). The predicted molar refractivity (Wildman–Crippen MR) is 143 cm³/mol. The third kappa shape index (κ3) is 6.83. The zero-order valence-corrected chi connectivity index (χ0v) is 20.3. The number of carbonyl (C=O) groups is 2. The molecule has 0 radical (unpaired) electrons. The van der Waals surface area contributed by atoms with E-state index in [1.54, 1.807) is 12.1 Å². The third-order valence-electron chi connectivity index (χ3n) is 5.86. The maximum atomic E-state index is 13.0. The van der Waals surface area contributed by atoms with E-state index >= 15 is 0 Å². The van der Waals surface area contributed by atoms with Gasteiger partial charge in [-0.2, -0.15) is 0 Å². The number of hydrogen-bond donors (Lipinski definition) is 2. The van der Waals surface area contributed by atoms with Gasteiger partial charge < -0.3 is 15.4 Å². The van der Waals surface area contributed by atoms with E-state index in [1.807, 2.05) is 104 Å². The van der Waals surface area contributed by atoms with Crippen LogP contribution in [0.2, 0.25) is 0 Å². The molecule has 182 valence electrons. The van der Waals surface area contributed by atoms with Gasteiger partial charge in [-0.05, 0) is 54.4 Å². The maximum absolute atomic E-state index is 13.0. The molecule has 4 rings (SSSR count). The van der Waals surface area contributed by atoms with Crippen molar-refractivity contribution >= 4 is 17.4 Å². The van der Waals surface area contributed by atoms with Crippen LogP contribution in [0.25, 0.3) is 0 Å². The molecular weight excluding hydrogens is 448 g/mol. The lowest BCUT2D eigenvalue weighted by Gasteiger charge is -2.21. The first-order valence-corrected chi connectivity index (χ1v) is 12.1. The molecule has 4 aromatic rings. The van der Waals surface area contributed by atoms with E-state index in [4.69, 9.17) is 4.74 Å². The number of Topliss-reactive ketones (excluding diaryl/α,β-unsaturated/α-hetero) is 1. The van der Waals surface area contributed by atoms with Crippen LogP contribution in [-0.2, 0) is 6.54 Å². The van der Waals surface area contributed by atoms with Crippen LogP contribution < -0.4 is 15.4 Å². The highest BCUT2D eigenvalue weighted by atomic mass is 16.5. The van der Waals surface area contributed by atoms with Crippen LogP contribution in [0.1, 0.15) is 51.2 Å². The van der Waals surface area contributed by atoms with E-state index in [0.717, 1.165) is 22.6 Å². The molecule has 0 heterocycles. The van der Waals surface area contributed by atoms with Crippen molar-refractivity contribution in [2.75, 3.05) is 11.9 Å². The molecule has 0 saturated carbocycles. The molecule has 0 spiro atoms. The summed E-state index contributed by atoms with van der Waals surface area (Å²) in [7, 11) is 0. The molecule has 0 fully saturated rings. The first-order valence-electron chi connectivity index (χ1n) is 12.1. The van der Waals surface area contributed by atoms with Gasteiger partial charge in [0.05, 0.1) is 12.6 Å². The van der Waals surface area contributed by atoms with Crippen molar-refractivity contribution in [3.05, 3.63) is 131 Å².